The van der Waals surface area contributed by atoms with Crippen LogP contribution in [-0.2, 0) is 13.0 Å². The van der Waals surface area contributed by atoms with Gasteiger partial charge in [-0.25, -0.2) is 0 Å². The first-order valence-corrected chi connectivity index (χ1v) is 8.52. The Morgan fingerprint density at radius 2 is 2.08 bits per heavy atom. The first kappa shape index (κ1) is 21.6. The topological polar surface area (TPSA) is 45.7 Å². The fraction of sp³-hybridized carbons (Fsp3) is 0.353. The van der Waals surface area contributed by atoms with Gasteiger partial charge in [0.25, 0.3) is 0 Å². The number of rotatable bonds is 7. The summed E-state index contributed by atoms with van der Waals surface area (Å²) in [5, 5.41) is 10.5. The molecule has 0 aliphatic heterocycles. The number of thiophene rings is 1. The molecule has 25 heavy (non-hydrogen) atoms. The molecule has 0 radical (unpaired) electrons. The zero-order valence-corrected chi connectivity index (χ0v) is 17.2. The Balaban J connectivity index is 0.00000312. The minimum absolute atomic E-state index is 0. The number of aryl methyl sites for hydroxylation is 1. The Labute approximate surface area is 167 Å². The number of nitrogens with one attached hydrogen (secondary N) is 2. The monoisotopic (exact) mass is 481 g/mol. The number of guanidine groups is 1. The smallest absolute Gasteiger partial charge is 0.387 e. The van der Waals surface area contributed by atoms with Crippen molar-refractivity contribution in [1.29, 1.82) is 0 Å². The van der Waals surface area contributed by atoms with Crippen LogP contribution in [-0.4, -0.2) is 26.2 Å². The van der Waals surface area contributed by atoms with Crippen LogP contribution in [0.1, 0.15) is 16.7 Å². The van der Waals surface area contributed by atoms with Crippen molar-refractivity contribution in [3.05, 3.63) is 51.7 Å². The molecule has 0 aliphatic rings. The lowest BCUT2D eigenvalue weighted by molar-refractivity contribution is -0.0504. The van der Waals surface area contributed by atoms with Crippen LogP contribution in [0.2, 0.25) is 0 Å². The van der Waals surface area contributed by atoms with Crippen molar-refractivity contribution in [2.24, 2.45) is 4.99 Å². The molecule has 2 rings (SSSR count). The third-order valence-corrected chi connectivity index (χ3v) is 4.12. The maximum absolute atomic E-state index is 12.5. The van der Waals surface area contributed by atoms with E-state index < -0.39 is 6.61 Å². The molecule has 2 aromatic rings. The van der Waals surface area contributed by atoms with E-state index in [0.717, 1.165) is 18.5 Å². The molecule has 0 aliphatic carbocycles. The highest BCUT2D eigenvalue weighted by Crippen LogP contribution is 2.21. The van der Waals surface area contributed by atoms with Crippen molar-refractivity contribution in [2.75, 3.05) is 13.6 Å². The molecule has 0 saturated heterocycles. The van der Waals surface area contributed by atoms with Gasteiger partial charge in [0, 0.05) is 25.7 Å². The van der Waals surface area contributed by atoms with Gasteiger partial charge in [-0.2, -0.15) is 20.1 Å². The summed E-state index contributed by atoms with van der Waals surface area (Å²) in [4.78, 5) is 4.14. The lowest BCUT2D eigenvalue weighted by Gasteiger charge is -2.15. The fourth-order valence-electron chi connectivity index (χ4n) is 2.22. The Hall–Kier alpha value is -1.42. The first-order valence-electron chi connectivity index (χ1n) is 7.58. The van der Waals surface area contributed by atoms with E-state index in [-0.39, 0.29) is 29.7 Å². The number of alkyl halides is 2. The molecule has 0 unspecified atom stereocenters. The zero-order chi connectivity index (χ0) is 17.4. The number of aliphatic imine (C=N–C) groups is 1. The number of hydrogen-bond donors (Lipinski definition) is 2. The zero-order valence-electron chi connectivity index (χ0n) is 14.1. The number of hydrogen-bond acceptors (Lipinski definition) is 3. The minimum atomic E-state index is -2.84. The molecule has 0 spiro atoms. The second kappa shape index (κ2) is 11.2. The third-order valence-electron chi connectivity index (χ3n) is 3.39. The molecular weight excluding hydrogens is 459 g/mol. The van der Waals surface area contributed by atoms with E-state index in [1.54, 1.807) is 30.5 Å². The number of ether oxygens (including phenoxy) is 1. The SMILES string of the molecule is CN=C(NCCc1ccsc1)NCc1cc(C)ccc1OC(F)F.I. The van der Waals surface area contributed by atoms with E-state index in [1.165, 1.54) is 5.56 Å². The number of halogens is 3. The van der Waals surface area contributed by atoms with Gasteiger partial charge in [-0.3, -0.25) is 4.99 Å². The maximum atomic E-state index is 12.5. The van der Waals surface area contributed by atoms with E-state index in [9.17, 15) is 8.78 Å². The lowest BCUT2D eigenvalue weighted by Crippen LogP contribution is -2.37. The van der Waals surface area contributed by atoms with Crippen LogP contribution in [0.5, 0.6) is 5.75 Å². The minimum Gasteiger partial charge on any atom is -0.434 e. The molecule has 0 saturated carbocycles. The van der Waals surface area contributed by atoms with Crippen LogP contribution in [0.25, 0.3) is 0 Å². The van der Waals surface area contributed by atoms with Crippen LogP contribution in [0.15, 0.2) is 40.0 Å². The summed E-state index contributed by atoms with van der Waals surface area (Å²) in [5.41, 5.74) is 2.92. The Kier molecular flexibility index (Phi) is 9.73. The summed E-state index contributed by atoms with van der Waals surface area (Å²) in [6.07, 6.45) is 0.897. The van der Waals surface area contributed by atoms with Gasteiger partial charge in [0.05, 0.1) is 0 Å². The molecule has 1 aromatic carbocycles. The Morgan fingerprint density at radius 1 is 1.28 bits per heavy atom. The summed E-state index contributed by atoms with van der Waals surface area (Å²) in [6, 6.07) is 7.22. The number of benzene rings is 1. The Bertz CT molecular complexity index is 666. The van der Waals surface area contributed by atoms with Crippen LogP contribution in [0, 0.1) is 6.92 Å². The standard InChI is InChI=1S/C17H21F2N3OS.HI/c1-12-3-4-15(23-16(18)19)14(9-12)10-22-17(20-2)21-7-5-13-6-8-24-11-13;/h3-4,6,8-9,11,16H,5,7,10H2,1-2H3,(H2,20,21,22);1H. The van der Waals surface area contributed by atoms with Crippen molar-refractivity contribution in [3.8, 4) is 5.75 Å². The maximum Gasteiger partial charge on any atom is 0.387 e. The van der Waals surface area contributed by atoms with Crippen LogP contribution in [0.3, 0.4) is 0 Å². The first-order chi connectivity index (χ1) is 11.6. The summed E-state index contributed by atoms with van der Waals surface area (Å²) in [5.74, 6) is 0.798. The molecule has 2 N–H and O–H groups in total. The van der Waals surface area contributed by atoms with Crippen molar-refractivity contribution in [3.63, 3.8) is 0 Å². The van der Waals surface area contributed by atoms with Gasteiger partial charge in [0.1, 0.15) is 5.75 Å². The summed E-state index contributed by atoms with van der Waals surface area (Å²) in [7, 11) is 1.67. The summed E-state index contributed by atoms with van der Waals surface area (Å²) >= 11 is 1.67. The van der Waals surface area contributed by atoms with Crippen molar-refractivity contribution in [1.82, 2.24) is 10.6 Å². The highest BCUT2D eigenvalue weighted by Gasteiger charge is 2.10. The highest BCUT2D eigenvalue weighted by molar-refractivity contribution is 14.0. The molecule has 138 valence electrons. The van der Waals surface area contributed by atoms with Gasteiger partial charge in [0.15, 0.2) is 5.96 Å². The molecule has 0 atom stereocenters. The largest absolute Gasteiger partial charge is 0.434 e. The molecule has 1 heterocycles. The number of nitrogens with zero attached hydrogens (tertiary/aromatic N) is 1. The molecular formula is C17H22F2IN3OS. The van der Waals surface area contributed by atoms with Crippen LogP contribution in [0.4, 0.5) is 8.78 Å². The fourth-order valence-corrected chi connectivity index (χ4v) is 2.92. The Morgan fingerprint density at radius 3 is 2.72 bits per heavy atom. The predicted molar refractivity (Wildman–Crippen MR) is 109 cm³/mol. The normalized spacial score (nSPS) is 11.2. The molecule has 0 fully saturated rings. The van der Waals surface area contributed by atoms with Crippen LogP contribution < -0.4 is 15.4 Å². The summed E-state index contributed by atoms with van der Waals surface area (Å²) in [6.45, 7) is 0.158. The lowest BCUT2D eigenvalue weighted by atomic mass is 10.1. The average molecular weight is 481 g/mol. The van der Waals surface area contributed by atoms with E-state index in [1.807, 2.05) is 18.4 Å². The van der Waals surface area contributed by atoms with Gasteiger partial charge >= 0.3 is 6.61 Å². The van der Waals surface area contributed by atoms with E-state index in [2.05, 4.69) is 31.8 Å². The molecule has 0 amide bonds. The molecule has 0 bridgehead atoms. The van der Waals surface area contributed by atoms with E-state index >= 15 is 0 Å². The van der Waals surface area contributed by atoms with Crippen molar-refractivity contribution in [2.45, 2.75) is 26.5 Å². The summed E-state index contributed by atoms with van der Waals surface area (Å²) < 4.78 is 29.5. The van der Waals surface area contributed by atoms with Gasteiger partial charge in [0.2, 0.25) is 0 Å². The van der Waals surface area contributed by atoms with Crippen molar-refractivity contribution < 1.29 is 13.5 Å². The van der Waals surface area contributed by atoms with Crippen molar-refractivity contribution >= 4 is 41.3 Å². The van der Waals surface area contributed by atoms with Gasteiger partial charge in [-0.1, -0.05) is 17.7 Å². The highest BCUT2D eigenvalue weighted by atomic mass is 127. The predicted octanol–water partition coefficient (Wildman–Crippen LogP) is 4.18. The van der Waals surface area contributed by atoms with Gasteiger partial charge in [-0.05, 0) is 41.8 Å². The van der Waals surface area contributed by atoms with E-state index in [0.29, 0.717) is 18.1 Å². The van der Waals surface area contributed by atoms with Crippen LogP contribution >= 0.6 is 35.3 Å². The third kappa shape index (κ3) is 7.55. The quantitative estimate of drug-likeness (QED) is 0.355. The van der Waals surface area contributed by atoms with E-state index in [4.69, 9.17) is 0 Å². The molecule has 4 nitrogen and oxygen atoms in total. The van der Waals surface area contributed by atoms with Gasteiger partial charge < -0.3 is 15.4 Å². The average Bonchev–Trinajstić information content (AvgIpc) is 3.06. The second-order valence-electron chi connectivity index (χ2n) is 5.22. The molecule has 1 aromatic heterocycles. The molecule has 8 heteroatoms. The second-order valence-corrected chi connectivity index (χ2v) is 6.00. The van der Waals surface area contributed by atoms with Gasteiger partial charge in [-0.15, -0.1) is 24.0 Å².